The summed E-state index contributed by atoms with van der Waals surface area (Å²) in [5.41, 5.74) is 1.03. The summed E-state index contributed by atoms with van der Waals surface area (Å²) in [5.74, 6) is -0.251. The Morgan fingerprint density at radius 2 is 1.82 bits per heavy atom. The summed E-state index contributed by atoms with van der Waals surface area (Å²) >= 11 is 0. The predicted octanol–water partition coefficient (Wildman–Crippen LogP) is 4.15. The average molecular weight is 473 g/mol. The maximum atomic E-state index is 13.5. The molecule has 0 bridgehead atoms. The Morgan fingerprint density at radius 1 is 1.06 bits per heavy atom. The number of carbonyl (C=O) groups excluding carboxylic acids is 2. The molecule has 4 N–H and O–H groups in total. The number of nitrogens with one attached hydrogen (secondary N) is 4. The normalized spacial score (nSPS) is 15.5. The number of nitrogens with zero attached hydrogens (tertiary/aromatic N) is 1. The maximum absolute atomic E-state index is 13.5. The first kappa shape index (κ1) is 23.6. The van der Waals surface area contributed by atoms with E-state index in [1.807, 2.05) is 0 Å². The van der Waals surface area contributed by atoms with Gasteiger partial charge in [-0.2, -0.15) is 13.2 Å². The van der Waals surface area contributed by atoms with E-state index in [2.05, 4.69) is 26.3 Å². The van der Waals surface area contributed by atoms with Gasteiger partial charge in [0.2, 0.25) is 0 Å². The van der Waals surface area contributed by atoms with E-state index >= 15 is 0 Å². The molecule has 1 saturated carbocycles. The van der Waals surface area contributed by atoms with E-state index in [1.54, 1.807) is 32.0 Å². The van der Waals surface area contributed by atoms with Gasteiger partial charge >= 0.3 is 6.18 Å². The van der Waals surface area contributed by atoms with Crippen LogP contribution in [-0.4, -0.2) is 36.9 Å². The van der Waals surface area contributed by atoms with Crippen molar-refractivity contribution < 1.29 is 22.8 Å². The second-order valence-electron chi connectivity index (χ2n) is 8.74. The lowest BCUT2D eigenvalue weighted by Gasteiger charge is -2.17. The van der Waals surface area contributed by atoms with Crippen LogP contribution in [0.5, 0.6) is 0 Å². The summed E-state index contributed by atoms with van der Waals surface area (Å²) < 4.78 is 40.6. The maximum Gasteiger partial charge on any atom is 0.416 e. The molecule has 0 aromatic heterocycles. The summed E-state index contributed by atoms with van der Waals surface area (Å²) in [6.07, 6.45) is -2.75. The minimum absolute atomic E-state index is 0.0835. The Kier molecular flexibility index (Phi) is 6.49. The molecule has 0 spiro atoms. The van der Waals surface area contributed by atoms with Gasteiger partial charge in [0.05, 0.1) is 12.1 Å². The topological polar surface area (TPSA) is 94.6 Å². The number of aliphatic imine (C=N–C) groups is 1. The van der Waals surface area contributed by atoms with Crippen LogP contribution in [0.4, 0.5) is 24.5 Å². The van der Waals surface area contributed by atoms with E-state index in [0.717, 1.165) is 30.5 Å². The molecule has 2 aromatic rings. The van der Waals surface area contributed by atoms with Crippen LogP contribution >= 0.6 is 0 Å². The van der Waals surface area contributed by atoms with Crippen LogP contribution in [0.3, 0.4) is 0 Å². The van der Waals surface area contributed by atoms with E-state index in [4.69, 9.17) is 0 Å². The smallest absolute Gasteiger partial charge is 0.355 e. The monoisotopic (exact) mass is 473 g/mol. The van der Waals surface area contributed by atoms with E-state index in [-0.39, 0.29) is 29.1 Å². The van der Waals surface area contributed by atoms with Gasteiger partial charge in [-0.3, -0.25) is 19.9 Å². The van der Waals surface area contributed by atoms with Crippen LogP contribution in [0.2, 0.25) is 0 Å². The number of rotatable bonds is 6. The van der Waals surface area contributed by atoms with Crippen LogP contribution in [0.15, 0.2) is 41.4 Å². The summed E-state index contributed by atoms with van der Waals surface area (Å²) in [6, 6.07) is 8.05. The Bertz CT molecular complexity index is 1140. The second kappa shape index (κ2) is 9.36. The van der Waals surface area contributed by atoms with Gasteiger partial charge < -0.3 is 16.0 Å². The van der Waals surface area contributed by atoms with Crippen molar-refractivity contribution in [1.82, 2.24) is 16.0 Å². The second-order valence-corrected chi connectivity index (χ2v) is 8.74. The fourth-order valence-electron chi connectivity index (χ4n) is 3.71. The highest BCUT2D eigenvalue weighted by atomic mass is 19.4. The lowest BCUT2D eigenvalue weighted by atomic mass is 10.0. The van der Waals surface area contributed by atoms with E-state index < -0.39 is 17.6 Å². The Balaban J connectivity index is 1.63. The molecule has 4 rings (SSSR count). The standard InChI is InChI=1S/C24H26F3N5O2/c1-13(2)30-22(34)16-9-17(24(25,26)27)12-18(10-16)31-20-6-5-15(11-19(20)14-3-4-14)21(33)32-23-28-7-8-29-23/h5-6,9-14,31H,3-4,7-8H2,1-2H3,(H,30,34)(H2,28,29,32,33). The van der Waals surface area contributed by atoms with Crippen LogP contribution in [0, 0.1) is 0 Å². The SMILES string of the molecule is CC(C)NC(=O)c1cc(Nc2ccc(C(=O)NC3=NCCN3)cc2C2CC2)cc(C(F)(F)F)c1. The van der Waals surface area contributed by atoms with Gasteiger partial charge in [-0.25, -0.2) is 0 Å². The first-order valence-corrected chi connectivity index (χ1v) is 11.1. The third-order valence-corrected chi connectivity index (χ3v) is 5.46. The molecule has 10 heteroatoms. The number of guanidine groups is 1. The molecule has 2 aromatic carbocycles. The zero-order chi connectivity index (χ0) is 24.5. The van der Waals surface area contributed by atoms with E-state index in [1.165, 1.54) is 6.07 Å². The number of hydrogen-bond donors (Lipinski definition) is 4. The zero-order valence-corrected chi connectivity index (χ0v) is 18.8. The molecule has 1 aliphatic heterocycles. The Hall–Kier alpha value is -3.56. The molecule has 0 atom stereocenters. The van der Waals surface area contributed by atoms with Crippen molar-refractivity contribution in [3.05, 3.63) is 58.7 Å². The molecule has 1 heterocycles. The summed E-state index contributed by atoms with van der Waals surface area (Å²) in [7, 11) is 0. The number of amides is 2. The van der Waals surface area contributed by atoms with Crippen molar-refractivity contribution in [3.8, 4) is 0 Å². The highest BCUT2D eigenvalue weighted by Gasteiger charge is 2.32. The molecule has 2 aliphatic rings. The molecule has 1 aliphatic carbocycles. The van der Waals surface area contributed by atoms with Gasteiger partial charge in [-0.15, -0.1) is 0 Å². The Labute approximate surface area is 195 Å². The lowest BCUT2D eigenvalue weighted by molar-refractivity contribution is -0.137. The highest BCUT2D eigenvalue weighted by molar-refractivity contribution is 6.06. The van der Waals surface area contributed by atoms with Gasteiger partial charge in [-0.1, -0.05) is 0 Å². The first-order valence-electron chi connectivity index (χ1n) is 11.1. The number of hydrogen-bond acceptors (Lipinski definition) is 5. The molecule has 180 valence electrons. The summed E-state index contributed by atoms with van der Waals surface area (Å²) in [4.78, 5) is 29.2. The van der Waals surface area contributed by atoms with Crippen LogP contribution < -0.4 is 21.3 Å². The fourth-order valence-corrected chi connectivity index (χ4v) is 3.71. The molecule has 1 fully saturated rings. The summed E-state index contributed by atoms with van der Waals surface area (Å²) in [5, 5.41) is 11.4. The molecule has 34 heavy (non-hydrogen) atoms. The van der Waals surface area contributed by atoms with E-state index in [0.29, 0.717) is 30.3 Å². The third kappa shape index (κ3) is 5.67. The average Bonchev–Trinajstić information content (AvgIpc) is 3.49. The van der Waals surface area contributed by atoms with Crippen molar-refractivity contribution >= 4 is 29.1 Å². The number of anilines is 2. The highest BCUT2D eigenvalue weighted by Crippen LogP contribution is 2.44. The third-order valence-electron chi connectivity index (χ3n) is 5.46. The predicted molar refractivity (Wildman–Crippen MR) is 124 cm³/mol. The molecule has 7 nitrogen and oxygen atoms in total. The molecule has 2 amide bonds. The minimum atomic E-state index is -4.61. The minimum Gasteiger partial charge on any atom is -0.355 e. The van der Waals surface area contributed by atoms with Gasteiger partial charge in [0, 0.05) is 35.1 Å². The van der Waals surface area contributed by atoms with Crippen molar-refractivity contribution in [2.45, 2.75) is 44.8 Å². The molecular formula is C24H26F3N5O2. The number of halogens is 3. The molecule has 0 radical (unpaired) electrons. The van der Waals surface area contributed by atoms with Gasteiger partial charge in [0.15, 0.2) is 5.96 Å². The number of alkyl halides is 3. The number of carbonyl (C=O) groups is 2. The van der Waals surface area contributed by atoms with Gasteiger partial charge in [0.1, 0.15) is 0 Å². The molecular weight excluding hydrogens is 447 g/mol. The fraction of sp³-hybridized carbons (Fsp3) is 0.375. The van der Waals surface area contributed by atoms with Crippen molar-refractivity contribution in [2.24, 2.45) is 4.99 Å². The molecule has 0 unspecified atom stereocenters. The van der Waals surface area contributed by atoms with Gasteiger partial charge in [0.25, 0.3) is 11.8 Å². The van der Waals surface area contributed by atoms with Crippen LogP contribution in [-0.2, 0) is 6.18 Å². The Morgan fingerprint density at radius 3 is 2.44 bits per heavy atom. The lowest BCUT2D eigenvalue weighted by Crippen LogP contribution is -2.38. The van der Waals surface area contributed by atoms with Crippen molar-refractivity contribution in [3.63, 3.8) is 0 Å². The van der Waals surface area contributed by atoms with Crippen LogP contribution in [0.1, 0.15) is 64.4 Å². The van der Waals surface area contributed by atoms with E-state index in [9.17, 15) is 22.8 Å². The quantitative estimate of drug-likeness (QED) is 0.507. The largest absolute Gasteiger partial charge is 0.416 e. The van der Waals surface area contributed by atoms with Crippen LogP contribution in [0.25, 0.3) is 0 Å². The van der Waals surface area contributed by atoms with Gasteiger partial charge in [-0.05, 0) is 74.6 Å². The molecule has 0 saturated heterocycles. The first-order chi connectivity index (χ1) is 16.1. The summed E-state index contributed by atoms with van der Waals surface area (Å²) in [6.45, 7) is 4.74. The van der Waals surface area contributed by atoms with Crippen molar-refractivity contribution in [2.75, 3.05) is 18.4 Å². The number of benzene rings is 2. The van der Waals surface area contributed by atoms with Crippen molar-refractivity contribution in [1.29, 1.82) is 0 Å². The zero-order valence-electron chi connectivity index (χ0n) is 18.8.